The van der Waals surface area contributed by atoms with Crippen LogP contribution in [-0.2, 0) is 11.3 Å². The summed E-state index contributed by atoms with van der Waals surface area (Å²) in [5.41, 5.74) is 0.674. The zero-order valence-corrected chi connectivity index (χ0v) is 11.4. The van der Waals surface area contributed by atoms with E-state index in [0.717, 1.165) is 12.8 Å². The molecular weight excluding hydrogens is 228 g/mol. The number of hydrogen-bond donors (Lipinski definition) is 1. The van der Waals surface area contributed by atoms with Crippen LogP contribution in [0.1, 0.15) is 50.4 Å². The average Bonchev–Trinajstić information content (AvgIpc) is 2.83. The number of Topliss-reactive ketones (excluding diaryl/α,β-unsaturated/α-hetero) is 1. The van der Waals surface area contributed by atoms with Gasteiger partial charge in [0, 0.05) is 30.4 Å². The second kappa shape index (κ2) is 6.99. The fraction of sp³-hybridized carbons (Fsp3) is 0.571. The van der Waals surface area contributed by atoms with E-state index in [4.69, 9.17) is 0 Å². The van der Waals surface area contributed by atoms with E-state index in [2.05, 4.69) is 19.2 Å². The van der Waals surface area contributed by atoms with Crippen LogP contribution in [0.3, 0.4) is 0 Å². The molecular formula is C14H22N2O2. The predicted molar refractivity (Wildman–Crippen MR) is 71.6 cm³/mol. The molecule has 0 spiro atoms. The molecule has 0 aliphatic heterocycles. The van der Waals surface area contributed by atoms with Crippen LogP contribution < -0.4 is 5.32 Å². The first-order valence-corrected chi connectivity index (χ1v) is 6.59. The standard InChI is InChI=1S/C14H22N2O2/c1-4-12(5-2)15-14(18)10-16-8-7-11(9-16)13(17)6-3/h7-9,12H,4-6,10H2,1-3H3,(H,15,18). The molecule has 0 atom stereocenters. The third-order valence-corrected chi connectivity index (χ3v) is 3.07. The van der Waals surface area contributed by atoms with Crippen molar-refractivity contribution in [2.45, 2.75) is 52.6 Å². The molecule has 100 valence electrons. The molecule has 18 heavy (non-hydrogen) atoms. The van der Waals surface area contributed by atoms with Crippen LogP contribution in [0, 0.1) is 0 Å². The lowest BCUT2D eigenvalue weighted by Gasteiger charge is -2.14. The van der Waals surface area contributed by atoms with E-state index in [-0.39, 0.29) is 24.3 Å². The Kier molecular flexibility index (Phi) is 5.62. The van der Waals surface area contributed by atoms with Crippen molar-refractivity contribution in [2.24, 2.45) is 0 Å². The lowest BCUT2D eigenvalue weighted by Crippen LogP contribution is -2.35. The number of ketones is 1. The zero-order valence-electron chi connectivity index (χ0n) is 11.4. The molecule has 0 fully saturated rings. The number of carbonyl (C=O) groups is 2. The highest BCUT2D eigenvalue weighted by Crippen LogP contribution is 2.05. The third kappa shape index (κ3) is 4.02. The summed E-state index contributed by atoms with van der Waals surface area (Å²) in [6.07, 6.45) is 5.87. The molecule has 0 unspecified atom stereocenters. The first-order chi connectivity index (χ1) is 8.60. The first kappa shape index (κ1) is 14.5. The molecule has 0 saturated heterocycles. The van der Waals surface area contributed by atoms with E-state index < -0.39 is 0 Å². The van der Waals surface area contributed by atoms with Gasteiger partial charge in [-0.2, -0.15) is 0 Å². The summed E-state index contributed by atoms with van der Waals surface area (Å²) in [6.45, 7) is 6.22. The maximum atomic E-state index is 11.8. The summed E-state index contributed by atoms with van der Waals surface area (Å²) < 4.78 is 1.75. The zero-order chi connectivity index (χ0) is 13.5. The Morgan fingerprint density at radius 2 is 1.94 bits per heavy atom. The summed E-state index contributed by atoms with van der Waals surface area (Å²) in [5.74, 6) is 0.101. The van der Waals surface area contributed by atoms with Crippen molar-refractivity contribution in [3.05, 3.63) is 24.0 Å². The molecule has 1 aromatic rings. The Balaban J connectivity index is 2.54. The maximum absolute atomic E-state index is 11.8. The molecule has 0 bridgehead atoms. The molecule has 0 saturated carbocycles. The molecule has 4 nitrogen and oxygen atoms in total. The minimum absolute atomic E-state index is 0.00482. The largest absolute Gasteiger partial charge is 0.352 e. The fourth-order valence-electron chi connectivity index (χ4n) is 1.84. The van der Waals surface area contributed by atoms with Crippen molar-refractivity contribution >= 4 is 11.7 Å². The normalized spacial score (nSPS) is 10.7. The second-order valence-electron chi connectivity index (χ2n) is 4.43. The van der Waals surface area contributed by atoms with Crippen molar-refractivity contribution in [1.29, 1.82) is 0 Å². The number of hydrogen-bond acceptors (Lipinski definition) is 2. The minimum Gasteiger partial charge on any atom is -0.352 e. The van der Waals surface area contributed by atoms with Crippen LogP contribution >= 0.6 is 0 Å². The summed E-state index contributed by atoms with van der Waals surface area (Å²) in [6, 6.07) is 2.00. The monoisotopic (exact) mass is 250 g/mol. The second-order valence-corrected chi connectivity index (χ2v) is 4.43. The van der Waals surface area contributed by atoms with Crippen LogP contribution in [0.2, 0.25) is 0 Å². The van der Waals surface area contributed by atoms with Crippen LogP contribution in [0.5, 0.6) is 0 Å². The summed E-state index contributed by atoms with van der Waals surface area (Å²) in [7, 11) is 0. The van der Waals surface area contributed by atoms with Crippen molar-refractivity contribution < 1.29 is 9.59 Å². The van der Waals surface area contributed by atoms with Gasteiger partial charge in [0.2, 0.25) is 5.91 Å². The number of amides is 1. The average molecular weight is 250 g/mol. The van der Waals surface area contributed by atoms with Crippen molar-refractivity contribution in [1.82, 2.24) is 9.88 Å². The predicted octanol–water partition coefficient (Wildman–Crippen LogP) is 2.39. The molecule has 1 aromatic heterocycles. The van der Waals surface area contributed by atoms with Crippen LogP contribution in [0.15, 0.2) is 18.5 Å². The Hall–Kier alpha value is -1.58. The van der Waals surface area contributed by atoms with Gasteiger partial charge in [0.05, 0.1) is 0 Å². The van der Waals surface area contributed by atoms with E-state index in [1.54, 1.807) is 23.0 Å². The van der Waals surface area contributed by atoms with Crippen LogP contribution in [0.4, 0.5) is 0 Å². The van der Waals surface area contributed by atoms with Gasteiger partial charge in [0.15, 0.2) is 5.78 Å². The van der Waals surface area contributed by atoms with Gasteiger partial charge in [-0.3, -0.25) is 9.59 Å². The number of aromatic nitrogens is 1. The minimum atomic E-state index is -0.00482. The lowest BCUT2D eigenvalue weighted by atomic mass is 10.2. The van der Waals surface area contributed by atoms with E-state index in [1.807, 2.05) is 6.92 Å². The molecule has 0 aromatic carbocycles. The highest BCUT2D eigenvalue weighted by molar-refractivity contribution is 5.95. The van der Waals surface area contributed by atoms with Crippen LogP contribution in [0.25, 0.3) is 0 Å². The SMILES string of the molecule is CCC(=O)c1ccn(CC(=O)NC(CC)CC)c1. The number of rotatable bonds is 7. The summed E-state index contributed by atoms with van der Waals surface area (Å²) >= 11 is 0. The van der Waals surface area contributed by atoms with Gasteiger partial charge in [0.25, 0.3) is 0 Å². The third-order valence-electron chi connectivity index (χ3n) is 3.07. The molecule has 4 heteroatoms. The van der Waals surface area contributed by atoms with E-state index in [0.29, 0.717) is 12.0 Å². The van der Waals surface area contributed by atoms with Gasteiger partial charge in [-0.1, -0.05) is 20.8 Å². The van der Waals surface area contributed by atoms with Gasteiger partial charge in [-0.05, 0) is 18.9 Å². The van der Waals surface area contributed by atoms with Gasteiger partial charge < -0.3 is 9.88 Å². The van der Waals surface area contributed by atoms with Crippen LogP contribution in [-0.4, -0.2) is 22.3 Å². The molecule has 1 N–H and O–H groups in total. The molecule has 0 radical (unpaired) electrons. The smallest absolute Gasteiger partial charge is 0.240 e. The molecule has 1 heterocycles. The number of carbonyl (C=O) groups excluding carboxylic acids is 2. The van der Waals surface area contributed by atoms with Crippen molar-refractivity contribution in [3.63, 3.8) is 0 Å². The van der Waals surface area contributed by atoms with Crippen molar-refractivity contribution in [2.75, 3.05) is 0 Å². The lowest BCUT2D eigenvalue weighted by molar-refractivity contribution is -0.122. The Labute approximate surface area is 108 Å². The maximum Gasteiger partial charge on any atom is 0.240 e. The van der Waals surface area contributed by atoms with Gasteiger partial charge in [0.1, 0.15) is 6.54 Å². The van der Waals surface area contributed by atoms with Crippen molar-refractivity contribution in [3.8, 4) is 0 Å². The van der Waals surface area contributed by atoms with E-state index in [9.17, 15) is 9.59 Å². The van der Waals surface area contributed by atoms with Gasteiger partial charge in [-0.25, -0.2) is 0 Å². The Morgan fingerprint density at radius 3 is 2.50 bits per heavy atom. The Bertz CT molecular complexity index is 406. The first-order valence-electron chi connectivity index (χ1n) is 6.59. The van der Waals surface area contributed by atoms with E-state index >= 15 is 0 Å². The Morgan fingerprint density at radius 1 is 1.28 bits per heavy atom. The van der Waals surface area contributed by atoms with E-state index in [1.165, 1.54) is 0 Å². The summed E-state index contributed by atoms with van der Waals surface area (Å²) in [5, 5.41) is 2.97. The fourth-order valence-corrected chi connectivity index (χ4v) is 1.84. The number of nitrogens with zero attached hydrogens (tertiary/aromatic N) is 1. The highest BCUT2D eigenvalue weighted by Gasteiger charge is 2.10. The molecule has 0 aliphatic rings. The highest BCUT2D eigenvalue weighted by atomic mass is 16.2. The summed E-state index contributed by atoms with van der Waals surface area (Å²) in [4.78, 5) is 23.2. The molecule has 1 amide bonds. The van der Waals surface area contributed by atoms with Gasteiger partial charge >= 0.3 is 0 Å². The quantitative estimate of drug-likeness (QED) is 0.755. The number of nitrogens with one attached hydrogen (secondary N) is 1. The molecule has 1 rings (SSSR count). The molecule has 0 aliphatic carbocycles. The topological polar surface area (TPSA) is 51.1 Å². The van der Waals surface area contributed by atoms with Gasteiger partial charge in [-0.15, -0.1) is 0 Å².